The molecule has 1 N–H and O–H groups in total. The fraction of sp³-hybridized carbons (Fsp3) is 0.263. The van der Waals surface area contributed by atoms with E-state index < -0.39 is 5.97 Å². The molecule has 1 amide bonds. The minimum absolute atomic E-state index is 0.0108. The summed E-state index contributed by atoms with van der Waals surface area (Å²) in [5.74, 6) is -0.346. The summed E-state index contributed by atoms with van der Waals surface area (Å²) in [7, 11) is 0. The minimum Gasteiger partial charge on any atom is -0.478 e. The highest BCUT2D eigenvalue weighted by molar-refractivity contribution is 9.10. The van der Waals surface area contributed by atoms with E-state index in [0.29, 0.717) is 18.0 Å². The first-order valence-corrected chi connectivity index (χ1v) is 8.69. The highest BCUT2D eigenvalue weighted by Crippen LogP contribution is 2.30. The maximum atomic E-state index is 12.8. The van der Waals surface area contributed by atoms with Crippen molar-refractivity contribution in [1.29, 1.82) is 0 Å². The van der Waals surface area contributed by atoms with Gasteiger partial charge in [-0.1, -0.05) is 28.1 Å². The molecule has 124 valence electrons. The molecule has 1 aliphatic carbocycles. The molecule has 0 bridgehead atoms. The molecule has 4 nitrogen and oxygen atoms in total. The summed E-state index contributed by atoms with van der Waals surface area (Å²) in [4.78, 5) is 25.6. The van der Waals surface area contributed by atoms with Crippen LogP contribution < -0.4 is 0 Å². The van der Waals surface area contributed by atoms with Crippen LogP contribution in [0, 0.1) is 5.92 Å². The third-order valence-electron chi connectivity index (χ3n) is 4.13. The quantitative estimate of drug-likeness (QED) is 0.807. The first-order valence-electron chi connectivity index (χ1n) is 7.90. The number of hydrogen-bond donors (Lipinski definition) is 1. The molecule has 0 aromatic heterocycles. The lowest BCUT2D eigenvalue weighted by Crippen LogP contribution is -2.32. The Bertz CT molecular complexity index is 736. The normalized spacial score (nSPS) is 13.5. The van der Waals surface area contributed by atoms with Crippen LogP contribution in [0.1, 0.15) is 39.1 Å². The minimum atomic E-state index is -0.942. The van der Waals surface area contributed by atoms with Gasteiger partial charge in [0.2, 0.25) is 0 Å². The van der Waals surface area contributed by atoms with Gasteiger partial charge < -0.3 is 10.0 Å². The molecular weight excluding hydrogens is 370 g/mol. The van der Waals surface area contributed by atoms with Crippen LogP contribution in [0.2, 0.25) is 0 Å². The van der Waals surface area contributed by atoms with Gasteiger partial charge in [0, 0.05) is 23.1 Å². The lowest BCUT2D eigenvalue weighted by Gasteiger charge is -2.23. The van der Waals surface area contributed by atoms with Gasteiger partial charge in [-0.05, 0) is 60.7 Å². The molecule has 2 aromatic rings. The van der Waals surface area contributed by atoms with E-state index in [1.54, 1.807) is 24.3 Å². The van der Waals surface area contributed by atoms with E-state index in [1.165, 1.54) is 12.8 Å². The van der Waals surface area contributed by atoms with Gasteiger partial charge in [0.15, 0.2) is 0 Å². The average Bonchev–Trinajstić information content (AvgIpc) is 3.39. The topological polar surface area (TPSA) is 57.6 Å². The Labute approximate surface area is 149 Å². The van der Waals surface area contributed by atoms with E-state index >= 15 is 0 Å². The number of halogens is 1. The first kappa shape index (κ1) is 16.7. The van der Waals surface area contributed by atoms with Gasteiger partial charge in [-0.2, -0.15) is 0 Å². The van der Waals surface area contributed by atoms with Crippen molar-refractivity contribution in [3.63, 3.8) is 0 Å². The van der Waals surface area contributed by atoms with Crippen molar-refractivity contribution in [3.05, 3.63) is 69.7 Å². The van der Waals surface area contributed by atoms with Crippen LogP contribution in [0.5, 0.6) is 0 Å². The molecule has 5 heteroatoms. The highest BCUT2D eigenvalue weighted by atomic mass is 79.9. The lowest BCUT2D eigenvalue weighted by atomic mass is 10.1. The molecular formula is C19H18BrNO3. The van der Waals surface area contributed by atoms with Gasteiger partial charge in [-0.25, -0.2) is 4.79 Å². The monoisotopic (exact) mass is 387 g/mol. The first-order chi connectivity index (χ1) is 11.5. The molecule has 2 aromatic carbocycles. The summed E-state index contributed by atoms with van der Waals surface area (Å²) in [5.41, 5.74) is 1.86. The standard InChI is InChI=1S/C19H18BrNO3/c20-17-9-7-15(8-10-17)18(22)21(11-13-1-2-13)12-14-3-5-16(6-4-14)19(23)24/h3-10,13H,1-2,11-12H2,(H,23,24). The summed E-state index contributed by atoms with van der Waals surface area (Å²) in [5, 5.41) is 8.98. The number of hydrogen-bond acceptors (Lipinski definition) is 2. The molecule has 0 saturated heterocycles. The third kappa shape index (κ3) is 4.23. The van der Waals surface area contributed by atoms with Crippen LogP contribution in [0.3, 0.4) is 0 Å². The van der Waals surface area contributed by atoms with Crippen LogP contribution in [-0.4, -0.2) is 28.4 Å². The Balaban J connectivity index is 1.76. The molecule has 0 spiro atoms. The second kappa shape index (κ2) is 7.18. The number of carbonyl (C=O) groups is 2. The second-order valence-corrected chi connectivity index (χ2v) is 7.05. The Hall–Kier alpha value is -2.14. The van der Waals surface area contributed by atoms with E-state index in [-0.39, 0.29) is 11.5 Å². The van der Waals surface area contributed by atoms with Crippen molar-refractivity contribution in [2.24, 2.45) is 5.92 Å². The summed E-state index contributed by atoms with van der Waals surface area (Å²) in [6.45, 7) is 1.24. The van der Waals surface area contributed by atoms with Gasteiger partial charge in [0.05, 0.1) is 5.56 Å². The lowest BCUT2D eigenvalue weighted by molar-refractivity contribution is 0.0693. The van der Waals surface area contributed by atoms with Crippen LogP contribution >= 0.6 is 15.9 Å². The Morgan fingerprint density at radius 3 is 2.12 bits per heavy atom. The fourth-order valence-corrected chi connectivity index (χ4v) is 2.84. The van der Waals surface area contributed by atoms with E-state index in [4.69, 9.17) is 5.11 Å². The Morgan fingerprint density at radius 2 is 1.58 bits per heavy atom. The molecule has 0 unspecified atom stereocenters. The van der Waals surface area contributed by atoms with Gasteiger partial charge >= 0.3 is 5.97 Å². The summed E-state index contributed by atoms with van der Waals surface area (Å²) < 4.78 is 0.942. The molecule has 0 radical (unpaired) electrons. The van der Waals surface area contributed by atoms with Gasteiger partial charge in [-0.15, -0.1) is 0 Å². The predicted molar refractivity (Wildman–Crippen MR) is 95.0 cm³/mol. The van der Waals surface area contributed by atoms with Gasteiger partial charge in [0.25, 0.3) is 5.91 Å². The average molecular weight is 388 g/mol. The number of carboxylic acid groups (broad SMARTS) is 1. The van der Waals surface area contributed by atoms with Crippen molar-refractivity contribution in [3.8, 4) is 0 Å². The van der Waals surface area contributed by atoms with E-state index in [2.05, 4.69) is 15.9 Å². The van der Waals surface area contributed by atoms with E-state index in [0.717, 1.165) is 16.6 Å². The van der Waals surface area contributed by atoms with Gasteiger partial charge in [0.1, 0.15) is 0 Å². The Kier molecular flexibility index (Phi) is 5.00. The van der Waals surface area contributed by atoms with Gasteiger partial charge in [-0.3, -0.25) is 4.79 Å². The van der Waals surface area contributed by atoms with Crippen molar-refractivity contribution in [2.75, 3.05) is 6.54 Å². The number of amides is 1. The highest BCUT2D eigenvalue weighted by Gasteiger charge is 2.27. The summed E-state index contributed by atoms with van der Waals surface area (Å²) >= 11 is 3.38. The van der Waals surface area contributed by atoms with E-state index in [1.807, 2.05) is 29.2 Å². The fourth-order valence-electron chi connectivity index (χ4n) is 2.58. The largest absolute Gasteiger partial charge is 0.478 e. The number of aromatic carboxylic acids is 1. The SMILES string of the molecule is O=C(O)c1ccc(CN(CC2CC2)C(=O)c2ccc(Br)cc2)cc1. The van der Waals surface area contributed by atoms with Crippen molar-refractivity contribution < 1.29 is 14.7 Å². The number of rotatable bonds is 6. The zero-order valence-corrected chi connectivity index (χ0v) is 14.7. The number of carboxylic acids is 1. The smallest absolute Gasteiger partial charge is 0.335 e. The van der Waals surface area contributed by atoms with Crippen molar-refractivity contribution in [2.45, 2.75) is 19.4 Å². The van der Waals surface area contributed by atoms with Crippen molar-refractivity contribution >= 4 is 27.8 Å². The zero-order chi connectivity index (χ0) is 17.1. The molecule has 0 atom stereocenters. The van der Waals surface area contributed by atoms with Crippen LogP contribution in [-0.2, 0) is 6.54 Å². The molecule has 0 aliphatic heterocycles. The van der Waals surface area contributed by atoms with E-state index in [9.17, 15) is 9.59 Å². The summed E-state index contributed by atoms with van der Waals surface area (Å²) in [6.07, 6.45) is 2.34. The molecule has 3 rings (SSSR count). The molecule has 0 heterocycles. The van der Waals surface area contributed by atoms with Crippen molar-refractivity contribution in [1.82, 2.24) is 4.90 Å². The molecule has 1 fully saturated rings. The summed E-state index contributed by atoms with van der Waals surface area (Å²) in [6, 6.07) is 14.1. The maximum Gasteiger partial charge on any atom is 0.335 e. The zero-order valence-electron chi connectivity index (χ0n) is 13.1. The Morgan fingerprint density at radius 1 is 1.00 bits per heavy atom. The molecule has 1 saturated carbocycles. The number of carbonyl (C=O) groups excluding carboxylic acids is 1. The van der Waals surface area contributed by atoms with Crippen LogP contribution in [0.4, 0.5) is 0 Å². The predicted octanol–water partition coefficient (Wildman–Crippen LogP) is 4.20. The van der Waals surface area contributed by atoms with Crippen LogP contribution in [0.15, 0.2) is 53.0 Å². The molecule has 1 aliphatic rings. The number of benzene rings is 2. The van der Waals surface area contributed by atoms with Crippen LogP contribution in [0.25, 0.3) is 0 Å². The second-order valence-electron chi connectivity index (χ2n) is 6.14. The number of nitrogens with zero attached hydrogens (tertiary/aromatic N) is 1. The molecule has 24 heavy (non-hydrogen) atoms. The maximum absolute atomic E-state index is 12.8. The third-order valence-corrected chi connectivity index (χ3v) is 4.66.